The number of ketones is 1. The zero-order chi connectivity index (χ0) is 12.3. The van der Waals surface area contributed by atoms with Crippen LogP contribution in [0.15, 0.2) is 30.3 Å². The normalized spacial score (nSPS) is 23.5. The lowest BCUT2D eigenvalue weighted by molar-refractivity contribution is -0.141. The topological polar surface area (TPSA) is 54.4 Å². The summed E-state index contributed by atoms with van der Waals surface area (Å²) < 4.78 is 0. The van der Waals surface area contributed by atoms with Crippen molar-refractivity contribution in [3.8, 4) is 0 Å². The van der Waals surface area contributed by atoms with Gasteiger partial charge in [-0.15, -0.1) is 0 Å². The van der Waals surface area contributed by atoms with Crippen LogP contribution in [-0.2, 0) is 4.79 Å². The van der Waals surface area contributed by atoms with E-state index in [0.717, 1.165) is 12.0 Å². The van der Waals surface area contributed by atoms with Gasteiger partial charge in [0.1, 0.15) is 0 Å². The van der Waals surface area contributed by atoms with Crippen molar-refractivity contribution in [2.24, 2.45) is 11.8 Å². The number of hydrogen-bond donors (Lipinski definition) is 1. The monoisotopic (exact) mass is 232 g/mol. The highest BCUT2D eigenvalue weighted by Gasteiger charge is 2.30. The average Bonchev–Trinajstić information content (AvgIpc) is 2.79. The molecule has 0 amide bonds. The molecule has 2 rings (SSSR count). The molecule has 2 atom stereocenters. The lowest BCUT2D eigenvalue weighted by atomic mass is 9.96. The molecule has 1 saturated carbocycles. The summed E-state index contributed by atoms with van der Waals surface area (Å²) in [4.78, 5) is 22.7. The summed E-state index contributed by atoms with van der Waals surface area (Å²) in [5.74, 6) is -0.603. The Balaban J connectivity index is 1.91. The summed E-state index contributed by atoms with van der Waals surface area (Å²) >= 11 is 0. The van der Waals surface area contributed by atoms with E-state index in [-0.39, 0.29) is 17.6 Å². The van der Waals surface area contributed by atoms with Crippen molar-refractivity contribution in [1.82, 2.24) is 0 Å². The van der Waals surface area contributed by atoms with Gasteiger partial charge in [-0.2, -0.15) is 0 Å². The van der Waals surface area contributed by atoms with Crippen LogP contribution >= 0.6 is 0 Å². The van der Waals surface area contributed by atoms with E-state index in [1.165, 1.54) is 0 Å². The molecule has 3 nitrogen and oxygen atoms in total. The molecule has 1 aliphatic rings. The van der Waals surface area contributed by atoms with Gasteiger partial charge in [0.05, 0.1) is 5.92 Å². The second-order valence-electron chi connectivity index (χ2n) is 4.71. The van der Waals surface area contributed by atoms with Crippen molar-refractivity contribution in [1.29, 1.82) is 0 Å². The molecule has 1 N–H and O–H groups in total. The Kier molecular flexibility index (Phi) is 3.57. The molecular weight excluding hydrogens is 216 g/mol. The molecule has 1 aromatic carbocycles. The minimum absolute atomic E-state index is 0.127. The predicted molar refractivity (Wildman–Crippen MR) is 63.9 cm³/mol. The van der Waals surface area contributed by atoms with Crippen LogP contribution in [0.3, 0.4) is 0 Å². The highest BCUT2D eigenvalue weighted by atomic mass is 16.4. The van der Waals surface area contributed by atoms with E-state index in [1.807, 2.05) is 30.3 Å². The standard InChI is InChI=1S/C14H16O3/c15-13(11-4-2-1-3-5-11)9-10-6-7-12(8-10)14(16)17/h1-5,10,12H,6-9H2,(H,16,17). The maximum Gasteiger partial charge on any atom is 0.306 e. The lowest BCUT2D eigenvalue weighted by Gasteiger charge is -2.08. The van der Waals surface area contributed by atoms with Crippen LogP contribution in [0.1, 0.15) is 36.0 Å². The number of Topliss-reactive ketones (excluding diaryl/α,β-unsaturated/α-hetero) is 1. The minimum Gasteiger partial charge on any atom is -0.481 e. The number of aliphatic carboxylic acids is 1. The van der Waals surface area contributed by atoms with Crippen LogP contribution in [0.25, 0.3) is 0 Å². The SMILES string of the molecule is O=C(CC1CCC(C(=O)O)C1)c1ccccc1. The summed E-state index contributed by atoms with van der Waals surface area (Å²) in [6.07, 6.45) is 2.69. The number of carboxylic acid groups (broad SMARTS) is 1. The van der Waals surface area contributed by atoms with Gasteiger partial charge >= 0.3 is 5.97 Å². The van der Waals surface area contributed by atoms with Crippen LogP contribution in [0.2, 0.25) is 0 Å². The molecule has 0 spiro atoms. The van der Waals surface area contributed by atoms with Gasteiger partial charge < -0.3 is 5.11 Å². The molecule has 17 heavy (non-hydrogen) atoms. The van der Waals surface area contributed by atoms with Crippen LogP contribution < -0.4 is 0 Å². The quantitative estimate of drug-likeness (QED) is 0.812. The number of benzene rings is 1. The van der Waals surface area contributed by atoms with Gasteiger partial charge in [0.25, 0.3) is 0 Å². The smallest absolute Gasteiger partial charge is 0.306 e. The molecule has 0 heterocycles. The van der Waals surface area contributed by atoms with Gasteiger partial charge in [-0.25, -0.2) is 0 Å². The van der Waals surface area contributed by atoms with Crippen molar-refractivity contribution in [3.05, 3.63) is 35.9 Å². The van der Waals surface area contributed by atoms with Crippen LogP contribution in [0.5, 0.6) is 0 Å². The Morgan fingerprint density at radius 1 is 1.18 bits per heavy atom. The van der Waals surface area contributed by atoms with Crippen LogP contribution in [0, 0.1) is 11.8 Å². The van der Waals surface area contributed by atoms with E-state index >= 15 is 0 Å². The molecule has 1 fully saturated rings. The van der Waals surface area contributed by atoms with Crippen molar-refractivity contribution < 1.29 is 14.7 Å². The first-order valence-electron chi connectivity index (χ1n) is 5.98. The molecule has 1 aromatic rings. The molecule has 2 unspecified atom stereocenters. The van der Waals surface area contributed by atoms with Crippen molar-refractivity contribution >= 4 is 11.8 Å². The van der Waals surface area contributed by atoms with Gasteiger partial charge in [0.15, 0.2) is 5.78 Å². The fourth-order valence-corrected chi connectivity index (χ4v) is 2.49. The van der Waals surface area contributed by atoms with Crippen LogP contribution in [0.4, 0.5) is 0 Å². The van der Waals surface area contributed by atoms with Crippen LogP contribution in [-0.4, -0.2) is 16.9 Å². The predicted octanol–water partition coefficient (Wildman–Crippen LogP) is 2.76. The molecule has 0 bridgehead atoms. The molecule has 90 valence electrons. The summed E-state index contributed by atoms with van der Waals surface area (Å²) in [6, 6.07) is 9.20. The van der Waals surface area contributed by atoms with E-state index in [0.29, 0.717) is 19.3 Å². The number of hydrogen-bond acceptors (Lipinski definition) is 2. The Morgan fingerprint density at radius 2 is 1.88 bits per heavy atom. The van der Waals surface area contributed by atoms with E-state index in [9.17, 15) is 9.59 Å². The Hall–Kier alpha value is -1.64. The Morgan fingerprint density at radius 3 is 2.47 bits per heavy atom. The first-order chi connectivity index (χ1) is 8.16. The summed E-state index contributed by atoms with van der Waals surface area (Å²) in [5.41, 5.74) is 0.728. The first kappa shape index (κ1) is 11.8. The van der Waals surface area contributed by atoms with E-state index in [4.69, 9.17) is 5.11 Å². The average molecular weight is 232 g/mol. The number of carbonyl (C=O) groups excluding carboxylic acids is 1. The zero-order valence-electron chi connectivity index (χ0n) is 9.63. The zero-order valence-corrected chi connectivity index (χ0v) is 9.63. The highest BCUT2D eigenvalue weighted by molar-refractivity contribution is 5.96. The summed E-state index contributed by atoms with van der Waals surface area (Å²) in [7, 11) is 0. The molecule has 0 aliphatic heterocycles. The number of rotatable bonds is 4. The molecule has 0 aromatic heterocycles. The molecule has 1 aliphatic carbocycles. The molecule has 3 heteroatoms. The van der Waals surface area contributed by atoms with Gasteiger partial charge in [-0.3, -0.25) is 9.59 Å². The maximum absolute atomic E-state index is 11.9. The fourth-order valence-electron chi connectivity index (χ4n) is 2.49. The van der Waals surface area contributed by atoms with E-state index < -0.39 is 5.97 Å². The van der Waals surface area contributed by atoms with Gasteiger partial charge in [0, 0.05) is 12.0 Å². The summed E-state index contributed by atoms with van der Waals surface area (Å²) in [6.45, 7) is 0. The van der Waals surface area contributed by atoms with E-state index in [2.05, 4.69) is 0 Å². The molecular formula is C14H16O3. The summed E-state index contributed by atoms with van der Waals surface area (Å²) in [5, 5.41) is 8.90. The lowest BCUT2D eigenvalue weighted by Crippen LogP contribution is -2.11. The third-order valence-corrected chi connectivity index (χ3v) is 3.46. The number of carbonyl (C=O) groups is 2. The van der Waals surface area contributed by atoms with Gasteiger partial charge in [-0.1, -0.05) is 30.3 Å². The largest absolute Gasteiger partial charge is 0.481 e. The minimum atomic E-state index is -0.723. The second-order valence-corrected chi connectivity index (χ2v) is 4.71. The van der Waals surface area contributed by atoms with Gasteiger partial charge in [0.2, 0.25) is 0 Å². The molecule has 0 saturated heterocycles. The van der Waals surface area contributed by atoms with Crippen molar-refractivity contribution in [3.63, 3.8) is 0 Å². The fraction of sp³-hybridized carbons (Fsp3) is 0.429. The third kappa shape index (κ3) is 2.93. The van der Waals surface area contributed by atoms with Crippen molar-refractivity contribution in [2.75, 3.05) is 0 Å². The third-order valence-electron chi connectivity index (χ3n) is 3.46. The van der Waals surface area contributed by atoms with Crippen molar-refractivity contribution in [2.45, 2.75) is 25.7 Å². The number of carboxylic acids is 1. The Labute approximate surface area is 100 Å². The van der Waals surface area contributed by atoms with Gasteiger partial charge in [-0.05, 0) is 25.2 Å². The maximum atomic E-state index is 11.9. The first-order valence-corrected chi connectivity index (χ1v) is 5.98. The Bertz CT molecular complexity index is 411. The second kappa shape index (κ2) is 5.13. The highest BCUT2D eigenvalue weighted by Crippen LogP contribution is 2.33. The van der Waals surface area contributed by atoms with E-state index in [1.54, 1.807) is 0 Å². The molecule has 0 radical (unpaired) electrons.